The van der Waals surface area contributed by atoms with Crippen LogP contribution in [0.3, 0.4) is 0 Å². The van der Waals surface area contributed by atoms with Crippen LogP contribution in [0.25, 0.3) is 0 Å². The molecule has 1 aromatic rings. The zero-order chi connectivity index (χ0) is 10.7. The molecule has 1 aromatic carbocycles. The van der Waals surface area contributed by atoms with E-state index in [0.717, 1.165) is 0 Å². The largest absolute Gasteiger partial charge is 0.298 e. The molecule has 0 N–H and O–H groups in total. The molecule has 0 radical (unpaired) electrons. The third kappa shape index (κ3) is 2.36. The predicted molar refractivity (Wildman–Crippen MR) is 60.5 cm³/mol. The van der Waals surface area contributed by atoms with E-state index in [-0.39, 0.29) is 11.6 Å². The van der Waals surface area contributed by atoms with Gasteiger partial charge in [-0.2, -0.15) is 0 Å². The van der Waals surface area contributed by atoms with Crippen molar-refractivity contribution in [1.82, 2.24) is 0 Å². The third-order valence-electron chi connectivity index (χ3n) is 1.84. The molecule has 14 heavy (non-hydrogen) atoms. The zero-order valence-electron chi connectivity index (χ0n) is 7.88. The number of hydrogen-bond acceptors (Lipinski definition) is 2. The van der Waals surface area contributed by atoms with Crippen molar-refractivity contribution in [2.75, 3.05) is 6.26 Å². The van der Waals surface area contributed by atoms with Gasteiger partial charge in [0.2, 0.25) is 0 Å². The number of Topliss-reactive ketones (excluding diaryl/α,β-unsaturated/α-hetero) is 1. The third-order valence-corrected chi connectivity index (χ3v) is 3.74. The second-order valence-corrected chi connectivity index (χ2v) is 4.60. The van der Waals surface area contributed by atoms with Gasteiger partial charge in [-0.1, -0.05) is 28.1 Å². The molecule has 0 aliphatic heterocycles. The first-order chi connectivity index (χ1) is 6.57. The number of hydrogen-bond donors (Lipinski definition) is 0. The summed E-state index contributed by atoms with van der Waals surface area (Å²) in [5, 5.41) is 0. The van der Waals surface area contributed by atoms with Gasteiger partial charge in [-0.15, -0.1) is 11.8 Å². The van der Waals surface area contributed by atoms with Crippen LogP contribution in [0, 0.1) is 5.82 Å². The number of halogens is 2. The number of carbonyl (C=O) groups is 1. The van der Waals surface area contributed by atoms with E-state index in [1.807, 2.05) is 0 Å². The van der Waals surface area contributed by atoms with Gasteiger partial charge in [0.15, 0.2) is 0 Å². The fourth-order valence-corrected chi connectivity index (χ4v) is 1.97. The summed E-state index contributed by atoms with van der Waals surface area (Å²) in [5.41, 5.74) is 0.407. The predicted octanol–water partition coefficient (Wildman–Crippen LogP) is 3.57. The maximum Gasteiger partial charge on any atom is 0.147 e. The van der Waals surface area contributed by atoms with Crippen molar-refractivity contribution in [1.29, 1.82) is 0 Å². The first kappa shape index (κ1) is 11.7. The standard InChI is InChI=1S/C10H10BrFOS/c1-6(13)9(11)7-4-3-5-8(14-2)10(7)12/h3-5,9H,1-2H3. The molecule has 0 aromatic heterocycles. The molecule has 1 unspecified atom stereocenters. The highest BCUT2D eigenvalue weighted by Crippen LogP contribution is 2.30. The molecular formula is C10H10BrFOS. The van der Waals surface area contributed by atoms with Crippen LogP contribution in [-0.4, -0.2) is 12.0 Å². The Bertz CT molecular complexity index is 354. The Kier molecular flexibility index (Phi) is 4.13. The average Bonchev–Trinajstić information content (AvgIpc) is 2.17. The minimum atomic E-state index is -0.547. The van der Waals surface area contributed by atoms with E-state index >= 15 is 0 Å². The molecule has 0 aliphatic rings. The first-order valence-electron chi connectivity index (χ1n) is 4.05. The van der Waals surface area contributed by atoms with Gasteiger partial charge in [-0.05, 0) is 19.2 Å². The fourth-order valence-electron chi connectivity index (χ4n) is 1.10. The summed E-state index contributed by atoms with van der Waals surface area (Å²) in [5.74, 6) is -0.403. The zero-order valence-corrected chi connectivity index (χ0v) is 10.3. The van der Waals surface area contributed by atoms with Crippen LogP contribution in [0.1, 0.15) is 17.3 Å². The molecule has 0 spiro atoms. The van der Waals surface area contributed by atoms with Gasteiger partial charge in [-0.3, -0.25) is 4.79 Å². The number of benzene rings is 1. The number of rotatable bonds is 3. The van der Waals surface area contributed by atoms with Crippen molar-refractivity contribution >= 4 is 33.5 Å². The molecule has 76 valence electrons. The molecule has 0 saturated carbocycles. The van der Waals surface area contributed by atoms with Gasteiger partial charge in [0.25, 0.3) is 0 Å². The molecule has 0 fully saturated rings. The van der Waals surface area contributed by atoms with E-state index < -0.39 is 4.83 Å². The van der Waals surface area contributed by atoms with Crippen molar-refractivity contribution in [3.8, 4) is 0 Å². The van der Waals surface area contributed by atoms with E-state index in [4.69, 9.17) is 0 Å². The smallest absolute Gasteiger partial charge is 0.147 e. The summed E-state index contributed by atoms with van der Waals surface area (Å²) in [4.78, 5) is 11.1. The highest BCUT2D eigenvalue weighted by Gasteiger charge is 2.18. The van der Waals surface area contributed by atoms with E-state index in [2.05, 4.69) is 15.9 Å². The van der Waals surface area contributed by atoms with E-state index in [9.17, 15) is 9.18 Å². The number of carbonyl (C=O) groups excluding carboxylic acids is 1. The van der Waals surface area contributed by atoms with Crippen molar-refractivity contribution in [2.24, 2.45) is 0 Å². The summed E-state index contributed by atoms with van der Waals surface area (Å²) in [6.07, 6.45) is 1.80. The van der Waals surface area contributed by atoms with Crippen LogP contribution >= 0.6 is 27.7 Å². The molecule has 0 aliphatic carbocycles. The van der Waals surface area contributed by atoms with Gasteiger partial charge in [0, 0.05) is 10.5 Å². The number of thioether (sulfide) groups is 1. The van der Waals surface area contributed by atoms with Crippen LogP contribution in [0.2, 0.25) is 0 Å². The fraction of sp³-hybridized carbons (Fsp3) is 0.300. The Morgan fingerprint density at radius 2 is 2.21 bits per heavy atom. The Hall–Kier alpha value is -0.350. The van der Waals surface area contributed by atoms with E-state index in [0.29, 0.717) is 10.5 Å². The van der Waals surface area contributed by atoms with Crippen LogP contribution < -0.4 is 0 Å². The number of alkyl halides is 1. The van der Waals surface area contributed by atoms with Crippen LogP contribution in [0.4, 0.5) is 4.39 Å². The summed E-state index contributed by atoms with van der Waals surface area (Å²) in [6, 6.07) is 5.07. The molecular weight excluding hydrogens is 267 g/mol. The Morgan fingerprint density at radius 3 is 2.71 bits per heavy atom. The lowest BCUT2D eigenvalue weighted by Crippen LogP contribution is -2.04. The molecule has 1 rings (SSSR count). The minimum Gasteiger partial charge on any atom is -0.298 e. The van der Waals surface area contributed by atoms with Crippen molar-refractivity contribution < 1.29 is 9.18 Å². The molecule has 0 saturated heterocycles. The highest BCUT2D eigenvalue weighted by atomic mass is 79.9. The minimum absolute atomic E-state index is 0.0952. The molecule has 0 amide bonds. The van der Waals surface area contributed by atoms with Crippen molar-refractivity contribution in [2.45, 2.75) is 16.6 Å². The Balaban J connectivity index is 3.15. The lowest BCUT2D eigenvalue weighted by molar-refractivity contribution is -0.116. The normalized spacial score (nSPS) is 12.6. The lowest BCUT2D eigenvalue weighted by atomic mass is 10.1. The number of ketones is 1. The van der Waals surface area contributed by atoms with Gasteiger partial charge < -0.3 is 0 Å². The summed E-state index contributed by atoms with van der Waals surface area (Å²) >= 11 is 4.50. The molecule has 0 heterocycles. The van der Waals surface area contributed by atoms with Gasteiger partial charge >= 0.3 is 0 Å². The second-order valence-electron chi connectivity index (χ2n) is 2.84. The first-order valence-corrected chi connectivity index (χ1v) is 6.19. The topological polar surface area (TPSA) is 17.1 Å². The van der Waals surface area contributed by atoms with Crippen LogP contribution in [-0.2, 0) is 4.79 Å². The SMILES string of the molecule is CSc1cccc(C(Br)C(C)=O)c1F. The van der Waals surface area contributed by atoms with E-state index in [1.165, 1.54) is 18.7 Å². The van der Waals surface area contributed by atoms with Crippen molar-refractivity contribution in [3.05, 3.63) is 29.6 Å². The highest BCUT2D eigenvalue weighted by molar-refractivity contribution is 9.09. The second kappa shape index (κ2) is 4.94. The maximum absolute atomic E-state index is 13.7. The average molecular weight is 277 g/mol. The summed E-state index contributed by atoms with van der Waals surface area (Å²) < 4.78 is 13.7. The van der Waals surface area contributed by atoms with E-state index in [1.54, 1.807) is 24.5 Å². The summed E-state index contributed by atoms with van der Waals surface area (Å²) in [6.45, 7) is 1.44. The molecule has 0 bridgehead atoms. The quantitative estimate of drug-likeness (QED) is 0.620. The van der Waals surface area contributed by atoms with Gasteiger partial charge in [0.1, 0.15) is 16.4 Å². The summed E-state index contributed by atoms with van der Waals surface area (Å²) in [7, 11) is 0. The maximum atomic E-state index is 13.7. The van der Waals surface area contributed by atoms with Crippen molar-refractivity contribution in [3.63, 3.8) is 0 Å². The monoisotopic (exact) mass is 276 g/mol. The lowest BCUT2D eigenvalue weighted by Gasteiger charge is -2.09. The Labute approximate surface area is 95.2 Å². The van der Waals surface area contributed by atoms with Gasteiger partial charge in [-0.25, -0.2) is 4.39 Å². The molecule has 1 nitrogen and oxygen atoms in total. The van der Waals surface area contributed by atoms with Crippen LogP contribution in [0.15, 0.2) is 23.1 Å². The molecule has 4 heteroatoms. The van der Waals surface area contributed by atoms with Crippen LogP contribution in [0.5, 0.6) is 0 Å². The Morgan fingerprint density at radius 1 is 1.57 bits per heavy atom. The van der Waals surface area contributed by atoms with Gasteiger partial charge in [0.05, 0.1) is 0 Å². The molecule has 1 atom stereocenters.